The van der Waals surface area contributed by atoms with Crippen LogP contribution in [0.1, 0.15) is 32.6 Å². The lowest BCUT2D eigenvalue weighted by molar-refractivity contribution is -0.0458. The maximum absolute atomic E-state index is 5.90. The summed E-state index contributed by atoms with van der Waals surface area (Å²) in [6.07, 6.45) is 8.47. The van der Waals surface area contributed by atoms with E-state index in [9.17, 15) is 0 Å². The first-order chi connectivity index (χ1) is 6.40. The van der Waals surface area contributed by atoms with Crippen LogP contribution in [0.2, 0.25) is 0 Å². The Morgan fingerprint density at radius 2 is 2.38 bits per heavy atom. The molecule has 13 heavy (non-hydrogen) atoms. The van der Waals surface area contributed by atoms with Crippen molar-refractivity contribution in [1.82, 2.24) is 0 Å². The Morgan fingerprint density at radius 3 is 3.23 bits per heavy atom. The maximum atomic E-state index is 5.90. The summed E-state index contributed by atoms with van der Waals surface area (Å²) in [4.78, 5) is 0. The minimum atomic E-state index is 0.641. The molecule has 0 N–H and O–H groups in total. The van der Waals surface area contributed by atoms with E-state index in [4.69, 9.17) is 4.74 Å². The molecule has 2 saturated carbocycles. The van der Waals surface area contributed by atoms with Gasteiger partial charge < -0.3 is 4.74 Å². The van der Waals surface area contributed by atoms with Crippen LogP contribution in [0.3, 0.4) is 0 Å². The van der Waals surface area contributed by atoms with E-state index in [-0.39, 0.29) is 0 Å². The van der Waals surface area contributed by atoms with Crippen molar-refractivity contribution in [2.24, 2.45) is 17.8 Å². The number of fused-ring (bicyclic) bond motifs is 5. The van der Waals surface area contributed by atoms with Gasteiger partial charge in [0.25, 0.3) is 0 Å². The minimum Gasteiger partial charge on any atom is -0.378 e. The zero-order chi connectivity index (χ0) is 8.84. The third-order valence-electron chi connectivity index (χ3n) is 4.30. The third-order valence-corrected chi connectivity index (χ3v) is 4.30. The first-order valence-corrected chi connectivity index (χ1v) is 5.67. The van der Waals surface area contributed by atoms with Crippen molar-refractivity contribution in [2.75, 3.05) is 6.61 Å². The molecular formula is C12H18O. The highest BCUT2D eigenvalue weighted by Gasteiger charge is 2.51. The summed E-state index contributed by atoms with van der Waals surface area (Å²) in [6, 6.07) is 0. The van der Waals surface area contributed by atoms with E-state index in [0.29, 0.717) is 6.10 Å². The molecule has 1 nitrogen and oxygen atoms in total. The van der Waals surface area contributed by atoms with Gasteiger partial charge >= 0.3 is 0 Å². The van der Waals surface area contributed by atoms with Crippen molar-refractivity contribution < 1.29 is 4.74 Å². The van der Waals surface area contributed by atoms with Crippen molar-refractivity contribution in [3.63, 3.8) is 0 Å². The summed E-state index contributed by atoms with van der Waals surface area (Å²) in [5, 5.41) is 0. The quantitative estimate of drug-likeness (QED) is 0.518. The largest absolute Gasteiger partial charge is 0.378 e. The fraction of sp³-hybridized carbons (Fsp3) is 0.833. The second kappa shape index (κ2) is 2.84. The standard InChI is InChI=1S/C12H18O/c1-2-8-6-9-7-11(8)10-4-3-5-13-12(9)10/h2,9-12H,3-7H2,1H3/b8-2-. The molecule has 0 amide bonds. The molecule has 0 aromatic rings. The average molecular weight is 178 g/mol. The first kappa shape index (κ1) is 8.05. The van der Waals surface area contributed by atoms with E-state index in [1.807, 2.05) is 0 Å². The number of hydrogen-bond acceptors (Lipinski definition) is 1. The molecule has 1 saturated heterocycles. The summed E-state index contributed by atoms with van der Waals surface area (Å²) in [5.41, 5.74) is 1.73. The molecule has 2 aliphatic carbocycles. The third kappa shape index (κ3) is 1.03. The number of hydrogen-bond donors (Lipinski definition) is 0. The lowest BCUT2D eigenvalue weighted by atomic mass is 9.79. The van der Waals surface area contributed by atoms with Gasteiger partial charge in [-0.25, -0.2) is 0 Å². The van der Waals surface area contributed by atoms with Gasteiger partial charge in [0.2, 0.25) is 0 Å². The Kier molecular flexibility index (Phi) is 1.76. The Balaban J connectivity index is 1.87. The molecule has 3 aliphatic rings. The average Bonchev–Trinajstić information content (AvgIpc) is 2.75. The highest BCUT2D eigenvalue weighted by atomic mass is 16.5. The summed E-state index contributed by atoms with van der Waals surface area (Å²) in [7, 11) is 0. The lowest BCUT2D eigenvalue weighted by Crippen LogP contribution is -2.35. The fourth-order valence-corrected chi connectivity index (χ4v) is 3.79. The van der Waals surface area contributed by atoms with Gasteiger partial charge in [-0.2, -0.15) is 0 Å². The molecule has 3 rings (SSSR count). The van der Waals surface area contributed by atoms with E-state index in [0.717, 1.165) is 24.4 Å². The normalized spacial score (nSPS) is 51.3. The van der Waals surface area contributed by atoms with E-state index in [1.54, 1.807) is 5.57 Å². The van der Waals surface area contributed by atoms with Gasteiger partial charge in [0.15, 0.2) is 0 Å². The van der Waals surface area contributed by atoms with E-state index < -0.39 is 0 Å². The molecule has 2 bridgehead atoms. The van der Waals surface area contributed by atoms with Crippen LogP contribution >= 0.6 is 0 Å². The van der Waals surface area contributed by atoms with Crippen molar-refractivity contribution in [2.45, 2.75) is 38.7 Å². The Bertz CT molecular complexity index is 244. The van der Waals surface area contributed by atoms with E-state index in [2.05, 4.69) is 13.0 Å². The summed E-state index contributed by atoms with van der Waals surface area (Å²) in [6.45, 7) is 3.23. The SMILES string of the molecule is C/C=C1/CC2CC1C1CCCOC21. The first-order valence-electron chi connectivity index (χ1n) is 5.67. The monoisotopic (exact) mass is 178 g/mol. The van der Waals surface area contributed by atoms with E-state index in [1.165, 1.54) is 25.7 Å². The molecule has 4 atom stereocenters. The highest BCUT2D eigenvalue weighted by molar-refractivity contribution is 5.21. The molecule has 72 valence electrons. The predicted octanol–water partition coefficient (Wildman–Crippen LogP) is 2.77. The minimum absolute atomic E-state index is 0.641. The highest BCUT2D eigenvalue weighted by Crippen LogP contribution is 2.55. The van der Waals surface area contributed by atoms with Crippen LogP contribution in [0, 0.1) is 17.8 Å². The Hall–Kier alpha value is -0.300. The Morgan fingerprint density at radius 1 is 1.46 bits per heavy atom. The zero-order valence-corrected chi connectivity index (χ0v) is 8.33. The number of allylic oxidation sites excluding steroid dienone is 2. The van der Waals surface area contributed by atoms with Crippen molar-refractivity contribution in [3.05, 3.63) is 11.6 Å². The van der Waals surface area contributed by atoms with Crippen LogP contribution in [0.15, 0.2) is 11.6 Å². The molecule has 1 heterocycles. The van der Waals surface area contributed by atoms with Gasteiger partial charge in [0.05, 0.1) is 6.10 Å². The van der Waals surface area contributed by atoms with Crippen LogP contribution < -0.4 is 0 Å². The molecule has 1 heteroatoms. The molecule has 0 spiro atoms. The lowest BCUT2D eigenvalue weighted by Gasteiger charge is -2.36. The second-order valence-electron chi connectivity index (χ2n) is 4.81. The van der Waals surface area contributed by atoms with Gasteiger partial charge in [0.1, 0.15) is 0 Å². The van der Waals surface area contributed by atoms with Crippen LogP contribution in [-0.2, 0) is 4.74 Å². The van der Waals surface area contributed by atoms with Crippen molar-refractivity contribution >= 4 is 0 Å². The molecule has 0 aromatic heterocycles. The molecule has 0 aromatic carbocycles. The zero-order valence-electron chi connectivity index (χ0n) is 8.33. The van der Waals surface area contributed by atoms with Gasteiger partial charge in [-0.05, 0) is 50.4 Å². The molecule has 1 aliphatic heterocycles. The fourth-order valence-electron chi connectivity index (χ4n) is 3.79. The predicted molar refractivity (Wildman–Crippen MR) is 52.4 cm³/mol. The van der Waals surface area contributed by atoms with Crippen LogP contribution in [-0.4, -0.2) is 12.7 Å². The smallest absolute Gasteiger partial charge is 0.0640 e. The van der Waals surface area contributed by atoms with Crippen molar-refractivity contribution in [1.29, 1.82) is 0 Å². The molecular weight excluding hydrogens is 160 g/mol. The van der Waals surface area contributed by atoms with Crippen molar-refractivity contribution in [3.8, 4) is 0 Å². The molecule has 0 radical (unpaired) electrons. The Labute approximate surface area is 80.2 Å². The van der Waals surface area contributed by atoms with Gasteiger partial charge in [-0.15, -0.1) is 0 Å². The summed E-state index contributed by atoms with van der Waals surface area (Å²) < 4.78 is 5.90. The number of rotatable bonds is 0. The van der Waals surface area contributed by atoms with Gasteiger partial charge in [-0.1, -0.05) is 11.6 Å². The molecule has 3 fully saturated rings. The van der Waals surface area contributed by atoms with Crippen LogP contribution in [0.25, 0.3) is 0 Å². The van der Waals surface area contributed by atoms with E-state index >= 15 is 0 Å². The summed E-state index contributed by atoms with van der Waals surface area (Å²) in [5.74, 6) is 2.67. The second-order valence-corrected chi connectivity index (χ2v) is 4.81. The van der Waals surface area contributed by atoms with Crippen LogP contribution in [0.4, 0.5) is 0 Å². The topological polar surface area (TPSA) is 9.23 Å². The van der Waals surface area contributed by atoms with Gasteiger partial charge in [0, 0.05) is 6.61 Å². The summed E-state index contributed by atoms with van der Waals surface area (Å²) >= 11 is 0. The number of ether oxygens (including phenoxy) is 1. The molecule has 4 unspecified atom stereocenters. The maximum Gasteiger partial charge on any atom is 0.0640 e. The van der Waals surface area contributed by atoms with Gasteiger partial charge in [-0.3, -0.25) is 0 Å². The van der Waals surface area contributed by atoms with Crippen LogP contribution in [0.5, 0.6) is 0 Å².